The molecule has 0 saturated carbocycles. The fraction of sp³-hybridized carbons (Fsp3) is 0. The average Bonchev–Trinajstić information content (AvgIpc) is 1.76. The summed E-state index contributed by atoms with van der Waals surface area (Å²) >= 11 is 0. The van der Waals surface area contributed by atoms with Crippen molar-refractivity contribution in [3.63, 3.8) is 0 Å². The van der Waals surface area contributed by atoms with E-state index in [2.05, 4.69) is 0 Å². The molecule has 20 heavy (non-hydrogen) atoms. The van der Waals surface area contributed by atoms with E-state index in [1.54, 1.807) is 0 Å². The maximum atomic E-state index is 8.52. The van der Waals surface area contributed by atoms with Crippen molar-refractivity contribution in [1.29, 1.82) is 0 Å². The molecular weight excluding hydrogens is 465 g/mol. The Morgan fingerprint density at radius 1 is 0.350 bits per heavy atom. The first-order chi connectivity index (χ1) is 6.93. The van der Waals surface area contributed by atoms with E-state index in [0.717, 1.165) is 0 Å². The van der Waals surface area contributed by atoms with Crippen LogP contribution in [0.2, 0.25) is 0 Å². The molecule has 12 nitrogen and oxygen atoms in total. The van der Waals surface area contributed by atoms with E-state index < -0.39 is 36.7 Å². The number of rotatable bonds is 0. The second-order valence-corrected chi connectivity index (χ2v) is 3.00. The van der Waals surface area contributed by atoms with Gasteiger partial charge in [0, 0.05) is 36.7 Å². The van der Waals surface area contributed by atoms with Crippen LogP contribution in [0.15, 0.2) is 0 Å². The van der Waals surface area contributed by atoms with Gasteiger partial charge in [-0.1, -0.05) is 0 Å². The molecular formula is Ca4O12Si4. The topological polar surface area (TPSA) is 253 Å². The van der Waals surface area contributed by atoms with Gasteiger partial charge in [0.05, 0.1) is 0 Å². The Hall–Kier alpha value is 3.51. The smallest absolute Gasteiger partial charge is 0.672 e. The first kappa shape index (κ1) is 49.5. The summed E-state index contributed by atoms with van der Waals surface area (Å²) < 4.78 is 34.1. The zero-order valence-corrected chi connectivity index (χ0v) is 22.6. The third-order valence-electron chi connectivity index (χ3n) is 0. The van der Waals surface area contributed by atoms with Gasteiger partial charge in [-0.05, 0) is 0 Å². The Balaban J connectivity index is -0.0000000150. The van der Waals surface area contributed by atoms with E-state index in [9.17, 15) is 0 Å². The van der Waals surface area contributed by atoms with Gasteiger partial charge in [-0.15, -0.1) is 0 Å². The first-order valence-electron chi connectivity index (χ1n) is 2.45. The van der Waals surface area contributed by atoms with E-state index in [0.29, 0.717) is 0 Å². The summed E-state index contributed by atoms with van der Waals surface area (Å²) in [6.45, 7) is 0. The van der Waals surface area contributed by atoms with Gasteiger partial charge < -0.3 is 56.2 Å². The van der Waals surface area contributed by atoms with Crippen LogP contribution in [0.5, 0.6) is 0 Å². The van der Waals surface area contributed by atoms with Gasteiger partial charge in [0.15, 0.2) is 0 Å². The molecule has 0 amide bonds. The molecule has 20 heteroatoms. The van der Waals surface area contributed by atoms with Crippen molar-refractivity contribution in [3.05, 3.63) is 0 Å². The molecule has 0 aromatic rings. The zero-order chi connectivity index (χ0) is 14.3. The zero-order valence-electron chi connectivity index (χ0n) is 9.73. The molecule has 0 spiro atoms. The predicted octanol–water partition coefficient (Wildman–Crippen LogP) is -13.0. The molecule has 0 aromatic carbocycles. The molecule has 0 N–H and O–H groups in total. The summed E-state index contributed by atoms with van der Waals surface area (Å²) in [4.78, 5) is 68.1. The molecule has 0 bridgehead atoms. The van der Waals surface area contributed by atoms with Crippen LogP contribution in [0.4, 0.5) is 0 Å². The molecule has 0 aliphatic rings. The first-order valence-corrected chi connectivity index (χ1v) is 7.35. The summed E-state index contributed by atoms with van der Waals surface area (Å²) in [7, 11) is -14.5. The van der Waals surface area contributed by atoms with Crippen molar-refractivity contribution in [2.45, 2.75) is 0 Å². The van der Waals surface area contributed by atoms with Crippen LogP contribution in [0.1, 0.15) is 0 Å². The summed E-state index contributed by atoms with van der Waals surface area (Å²) in [6, 6.07) is 0. The second kappa shape index (κ2) is 43.3. The minimum atomic E-state index is -3.63. The van der Waals surface area contributed by atoms with E-state index >= 15 is 0 Å². The normalized spacial score (nSPS) is 4.80. The van der Waals surface area contributed by atoms with Crippen molar-refractivity contribution in [2.75, 3.05) is 0 Å². The van der Waals surface area contributed by atoms with Crippen LogP contribution < -0.4 is 38.4 Å². The monoisotopic (exact) mass is 464 g/mol. The van der Waals surface area contributed by atoms with Gasteiger partial charge in [0.2, 0.25) is 0 Å². The summed E-state index contributed by atoms with van der Waals surface area (Å²) in [5, 5.41) is 0. The number of hydrogen-bond donors (Lipinski definition) is 0. The summed E-state index contributed by atoms with van der Waals surface area (Å²) in [6.07, 6.45) is 0. The van der Waals surface area contributed by atoms with Crippen molar-refractivity contribution in [1.82, 2.24) is 0 Å². The molecule has 0 aliphatic carbocycles. The molecule has 0 atom stereocenters. The summed E-state index contributed by atoms with van der Waals surface area (Å²) in [5.41, 5.74) is 0. The molecule has 0 rings (SSSR count). The van der Waals surface area contributed by atoms with Crippen molar-refractivity contribution < 1.29 is 56.2 Å². The maximum absolute atomic E-state index is 8.52. The van der Waals surface area contributed by atoms with Gasteiger partial charge in [-0.3, -0.25) is 0 Å². The van der Waals surface area contributed by atoms with Gasteiger partial charge in [-0.2, -0.15) is 0 Å². The van der Waals surface area contributed by atoms with E-state index in [4.69, 9.17) is 56.2 Å². The Kier molecular flexibility index (Phi) is 107. The maximum Gasteiger partial charge on any atom is 2.00 e. The fourth-order valence-electron chi connectivity index (χ4n) is 0. The summed E-state index contributed by atoms with van der Waals surface area (Å²) in [5.74, 6) is 0. The number of hydrogen-bond acceptors (Lipinski definition) is 12. The van der Waals surface area contributed by atoms with Gasteiger partial charge in [0.25, 0.3) is 0 Å². The van der Waals surface area contributed by atoms with E-state index in [1.807, 2.05) is 0 Å². The Labute approximate surface area is 238 Å². The Morgan fingerprint density at radius 3 is 0.350 bits per heavy atom. The molecule has 0 unspecified atom stereocenters. The Morgan fingerprint density at radius 2 is 0.350 bits per heavy atom. The molecule has 0 fully saturated rings. The van der Waals surface area contributed by atoms with E-state index in [1.165, 1.54) is 0 Å². The largest absolute Gasteiger partial charge is 2.00 e. The minimum Gasteiger partial charge on any atom is -0.672 e. The fourth-order valence-corrected chi connectivity index (χ4v) is 0. The Bertz CT molecular complexity index is 167. The molecule has 0 saturated heterocycles. The molecule has 0 radical (unpaired) electrons. The van der Waals surface area contributed by atoms with Gasteiger partial charge in [0.1, 0.15) is 0 Å². The van der Waals surface area contributed by atoms with E-state index in [-0.39, 0.29) is 151 Å². The molecule has 0 heterocycles. The van der Waals surface area contributed by atoms with Crippen LogP contribution in [-0.4, -0.2) is 188 Å². The third kappa shape index (κ3) is 736. The quantitative estimate of drug-likeness (QED) is 0.303. The van der Waals surface area contributed by atoms with Crippen LogP contribution in [0.3, 0.4) is 0 Å². The molecule has 0 aromatic heterocycles. The predicted molar refractivity (Wildman–Crippen MR) is 48.8 cm³/mol. The molecule has 96 valence electrons. The second-order valence-electron chi connectivity index (χ2n) is 1.00. The van der Waals surface area contributed by atoms with Crippen LogP contribution in [-0.2, 0) is 17.8 Å². The van der Waals surface area contributed by atoms with Gasteiger partial charge >= 0.3 is 151 Å². The van der Waals surface area contributed by atoms with Crippen LogP contribution in [0, 0.1) is 0 Å². The van der Waals surface area contributed by atoms with Crippen molar-refractivity contribution >= 4 is 188 Å². The van der Waals surface area contributed by atoms with Gasteiger partial charge in [-0.25, -0.2) is 0 Å². The standard InChI is InChI=1S/4Ca.4O3Si/c;;;;4*1-4(2)3/q4*+2;4*-2. The average molecular weight is 465 g/mol. The van der Waals surface area contributed by atoms with Crippen molar-refractivity contribution in [3.8, 4) is 0 Å². The van der Waals surface area contributed by atoms with Crippen molar-refractivity contribution in [2.24, 2.45) is 0 Å². The third-order valence-corrected chi connectivity index (χ3v) is 0. The minimum absolute atomic E-state index is 0. The molecule has 0 aliphatic heterocycles. The SMILES string of the molecule is O=[Si]([O-])[O-].O=[Si]([O-])[O-].O=[Si]([O-])[O-].O=[Si]([O-])[O-].[Ca+2].[Ca+2].[Ca+2].[Ca+2]. The van der Waals surface area contributed by atoms with Crippen LogP contribution in [0.25, 0.3) is 0 Å². The van der Waals surface area contributed by atoms with Crippen LogP contribution >= 0.6 is 0 Å².